The monoisotopic (exact) mass is 298 g/mol. The molecule has 0 aromatic heterocycles. The summed E-state index contributed by atoms with van der Waals surface area (Å²) >= 11 is 0. The lowest BCUT2D eigenvalue weighted by Crippen LogP contribution is -2.24. The summed E-state index contributed by atoms with van der Waals surface area (Å²) in [7, 11) is 0. The lowest BCUT2D eigenvalue weighted by atomic mass is 9.84. The summed E-state index contributed by atoms with van der Waals surface area (Å²) < 4.78 is 0. The SMILES string of the molecule is C[C@H](CCN(CC[C@H](C)CC(C)(C)C)N=O)CC(C)(C)C. The zero-order valence-corrected chi connectivity index (χ0v) is 15.7. The van der Waals surface area contributed by atoms with Crippen molar-refractivity contribution in [1.29, 1.82) is 0 Å². The van der Waals surface area contributed by atoms with E-state index in [9.17, 15) is 4.91 Å². The summed E-state index contributed by atoms with van der Waals surface area (Å²) in [5, 5.41) is 4.93. The van der Waals surface area contributed by atoms with E-state index in [1.807, 2.05) is 0 Å². The Morgan fingerprint density at radius 2 is 1.14 bits per heavy atom. The fourth-order valence-corrected chi connectivity index (χ4v) is 3.23. The molecule has 0 saturated carbocycles. The first-order chi connectivity index (χ1) is 9.43. The molecule has 3 heteroatoms. The van der Waals surface area contributed by atoms with Crippen LogP contribution >= 0.6 is 0 Å². The average Bonchev–Trinajstić information content (AvgIpc) is 2.24. The van der Waals surface area contributed by atoms with Gasteiger partial charge in [0.25, 0.3) is 0 Å². The molecule has 0 aromatic carbocycles. The van der Waals surface area contributed by atoms with Gasteiger partial charge in [-0.15, -0.1) is 4.91 Å². The van der Waals surface area contributed by atoms with Crippen LogP contribution in [-0.4, -0.2) is 18.1 Å². The van der Waals surface area contributed by atoms with Crippen LogP contribution < -0.4 is 0 Å². The lowest BCUT2D eigenvalue weighted by molar-refractivity contribution is 0.210. The fourth-order valence-electron chi connectivity index (χ4n) is 3.23. The van der Waals surface area contributed by atoms with Crippen LogP contribution in [0, 0.1) is 27.6 Å². The molecule has 0 amide bonds. The Morgan fingerprint density at radius 1 is 0.810 bits per heavy atom. The smallest absolute Gasteiger partial charge is 0.0523 e. The number of hydrogen-bond donors (Lipinski definition) is 0. The van der Waals surface area contributed by atoms with Crippen molar-refractivity contribution in [2.75, 3.05) is 13.1 Å². The Bertz CT molecular complexity index is 263. The zero-order valence-electron chi connectivity index (χ0n) is 15.7. The van der Waals surface area contributed by atoms with Crippen molar-refractivity contribution in [3.05, 3.63) is 4.91 Å². The highest BCUT2D eigenvalue weighted by Crippen LogP contribution is 2.27. The summed E-state index contributed by atoms with van der Waals surface area (Å²) in [5.74, 6) is 1.28. The molecule has 0 heterocycles. The molecular formula is C18H38N2O. The molecule has 0 N–H and O–H groups in total. The van der Waals surface area contributed by atoms with Crippen molar-refractivity contribution in [3.8, 4) is 0 Å². The van der Waals surface area contributed by atoms with Gasteiger partial charge in [-0.1, -0.05) is 55.4 Å². The van der Waals surface area contributed by atoms with E-state index in [4.69, 9.17) is 0 Å². The molecule has 0 unspecified atom stereocenters. The van der Waals surface area contributed by atoms with Crippen LogP contribution in [-0.2, 0) is 0 Å². The second kappa shape index (κ2) is 8.75. The van der Waals surface area contributed by atoms with Crippen LogP contribution in [0.25, 0.3) is 0 Å². The maximum atomic E-state index is 11.0. The van der Waals surface area contributed by atoms with Crippen LogP contribution in [0.2, 0.25) is 0 Å². The van der Waals surface area contributed by atoms with Gasteiger partial charge in [0.05, 0.1) is 5.29 Å². The molecule has 2 atom stereocenters. The standard InChI is InChI=1S/C18H38N2O/c1-15(13-17(3,4)5)9-11-20(19-21)12-10-16(2)14-18(6,7)8/h15-16H,9-14H2,1-8H3/t15-,16+. The summed E-state index contributed by atoms with van der Waals surface area (Å²) in [6.45, 7) is 19.8. The third-order valence-corrected chi connectivity index (χ3v) is 3.80. The Labute approximate surface area is 132 Å². The van der Waals surface area contributed by atoms with Gasteiger partial charge in [-0.05, 0) is 48.3 Å². The van der Waals surface area contributed by atoms with Crippen molar-refractivity contribution in [1.82, 2.24) is 5.01 Å². The Balaban J connectivity index is 4.04. The van der Waals surface area contributed by atoms with Gasteiger partial charge in [-0.2, -0.15) is 0 Å². The van der Waals surface area contributed by atoms with Gasteiger partial charge >= 0.3 is 0 Å². The van der Waals surface area contributed by atoms with Gasteiger partial charge in [0.15, 0.2) is 0 Å². The molecule has 0 aliphatic carbocycles. The highest BCUT2D eigenvalue weighted by molar-refractivity contribution is 4.69. The largest absolute Gasteiger partial charge is 0.261 e. The molecule has 0 spiro atoms. The number of rotatable bonds is 9. The van der Waals surface area contributed by atoms with E-state index in [1.165, 1.54) is 12.8 Å². The van der Waals surface area contributed by atoms with Gasteiger partial charge in [-0.25, -0.2) is 0 Å². The van der Waals surface area contributed by atoms with Crippen molar-refractivity contribution >= 4 is 0 Å². The fraction of sp³-hybridized carbons (Fsp3) is 1.00. The normalized spacial score (nSPS) is 15.6. The van der Waals surface area contributed by atoms with Crippen molar-refractivity contribution in [2.24, 2.45) is 28.0 Å². The molecule has 0 bridgehead atoms. The van der Waals surface area contributed by atoms with E-state index in [2.05, 4.69) is 60.7 Å². The van der Waals surface area contributed by atoms with Crippen molar-refractivity contribution in [2.45, 2.75) is 81.1 Å². The molecule has 0 saturated heterocycles. The van der Waals surface area contributed by atoms with E-state index < -0.39 is 0 Å². The second-order valence-electron chi connectivity index (χ2n) is 9.35. The van der Waals surface area contributed by atoms with E-state index in [0.29, 0.717) is 22.7 Å². The molecular weight excluding hydrogens is 260 g/mol. The minimum atomic E-state index is 0.361. The molecule has 0 aliphatic heterocycles. The lowest BCUT2D eigenvalue weighted by Gasteiger charge is -2.26. The quantitative estimate of drug-likeness (QED) is 0.392. The number of hydrogen-bond acceptors (Lipinski definition) is 2. The highest BCUT2D eigenvalue weighted by atomic mass is 16.3. The molecule has 0 aromatic rings. The van der Waals surface area contributed by atoms with Gasteiger partial charge in [0, 0.05) is 13.1 Å². The van der Waals surface area contributed by atoms with Gasteiger partial charge in [-0.3, -0.25) is 5.01 Å². The Hall–Kier alpha value is -0.600. The van der Waals surface area contributed by atoms with Crippen LogP contribution in [0.3, 0.4) is 0 Å². The van der Waals surface area contributed by atoms with E-state index in [1.54, 1.807) is 5.01 Å². The topological polar surface area (TPSA) is 32.7 Å². The number of nitroso groups, excluding NO2 is 1. The van der Waals surface area contributed by atoms with E-state index >= 15 is 0 Å². The molecule has 0 aliphatic rings. The van der Waals surface area contributed by atoms with E-state index in [0.717, 1.165) is 25.9 Å². The predicted octanol–water partition coefficient (Wildman–Crippen LogP) is 5.89. The molecule has 21 heavy (non-hydrogen) atoms. The molecule has 0 radical (unpaired) electrons. The predicted molar refractivity (Wildman–Crippen MR) is 93.1 cm³/mol. The van der Waals surface area contributed by atoms with Crippen molar-refractivity contribution in [3.63, 3.8) is 0 Å². The van der Waals surface area contributed by atoms with Crippen LogP contribution in [0.5, 0.6) is 0 Å². The maximum Gasteiger partial charge on any atom is 0.0523 e. The first-order valence-electron chi connectivity index (χ1n) is 8.51. The summed E-state index contributed by atoms with van der Waals surface area (Å²) in [5.41, 5.74) is 0.722. The third-order valence-electron chi connectivity index (χ3n) is 3.80. The zero-order chi connectivity index (χ0) is 16.7. The average molecular weight is 299 g/mol. The van der Waals surface area contributed by atoms with Crippen LogP contribution in [0.4, 0.5) is 0 Å². The maximum absolute atomic E-state index is 11.0. The van der Waals surface area contributed by atoms with Gasteiger partial charge in [0.2, 0.25) is 0 Å². The van der Waals surface area contributed by atoms with E-state index in [-0.39, 0.29) is 0 Å². The summed E-state index contributed by atoms with van der Waals surface area (Å²) in [6.07, 6.45) is 4.49. The summed E-state index contributed by atoms with van der Waals surface area (Å²) in [6, 6.07) is 0. The van der Waals surface area contributed by atoms with Crippen LogP contribution in [0.1, 0.15) is 81.1 Å². The Kier molecular flexibility index (Phi) is 8.50. The molecule has 3 nitrogen and oxygen atoms in total. The highest BCUT2D eigenvalue weighted by Gasteiger charge is 2.18. The first-order valence-corrected chi connectivity index (χ1v) is 8.51. The minimum Gasteiger partial charge on any atom is -0.261 e. The van der Waals surface area contributed by atoms with Gasteiger partial charge < -0.3 is 0 Å². The summed E-state index contributed by atoms with van der Waals surface area (Å²) in [4.78, 5) is 11.0. The van der Waals surface area contributed by atoms with Crippen molar-refractivity contribution < 1.29 is 0 Å². The molecule has 0 rings (SSSR count). The molecule has 0 fully saturated rings. The number of nitrogens with zero attached hydrogens (tertiary/aromatic N) is 2. The van der Waals surface area contributed by atoms with Crippen LogP contribution in [0.15, 0.2) is 5.29 Å². The Morgan fingerprint density at radius 3 is 1.38 bits per heavy atom. The first kappa shape index (κ1) is 20.4. The minimum absolute atomic E-state index is 0.361. The molecule has 126 valence electrons. The third kappa shape index (κ3) is 12.8. The van der Waals surface area contributed by atoms with Gasteiger partial charge in [0.1, 0.15) is 0 Å². The second-order valence-corrected chi connectivity index (χ2v) is 9.35.